The van der Waals surface area contributed by atoms with Crippen molar-refractivity contribution >= 4 is 22.8 Å². The molecule has 5 heteroatoms. The summed E-state index contributed by atoms with van der Waals surface area (Å²) in [6.45, 7) is 4.74. The molecule has 0 fully saturated rings. The fourth-order valence-corrected chi connectivity index (χ4v) is 2.17. The summed E-state index contributed by atoms with van der Waals surface area (Å²) in [5.74, 6) is 0.875. The van der Waals surface area contributed by atoms with Crippen molar-refractivity contribution in [1.29, 1.82) is 0 Å². The molecule has 3 N–H and O–H groups in total. The lowest BCUT2D eigenvalue weighted by molar-refractivity contribution is 1.11. The Kier molecular flexibility index (Phi) is 3.05. The summed E-state index contributed by atoms with van der Waals surface area (Å²) in [6.07, 6.45) is 3.55. The maximum atomic E-state index is 5.64. The van der Waals surface area contributed by atoms with Crippen LogP contribution < -0.4 is 11.1 Å². The fourth-order valence-electron chi connectivity index (χ4n) is 1.44. The number of nitrogen functional groups attached to an aromatic ring is 1. The highest BCUT2D eigenvalue weighted by Crippen LogP contribution is 2.17. The zero-order valence-corrected chi connectivity index (χ0v) is 10.1. The molecule has 0 atom stereocenters. The molecule has 0 saturated heterocycles. The van der Waals surface area contributed by atoms with Crippen molar-refractivity contribution in [2.45, 2.75) is 20.4 Å². The smallest absolute Gasteiger partial charge is 0.129 e. The van der Waals surface area contributed by atoms with Crippen molar-refractivity contribution in [3.05, 3.63) is 33.9 Å². The molecule has 0 aliphatic rings. The average Bonchev–Trinajstić information content (AvgIpc) is 2.63. The van der Waals surface area contributed by atoms with Crippen LogP contribution in [0.5, 0.6) is 0 Å². The van der Waals surface area contributed by atoms with Gasteiger partial charge in [-0.05, 0) is 25.5 Å². The molecular formula is C11H14N4S. The third-order valence-corrected chi connectivity index (χ3v) is 3.11. The Morgan fingerprint density at radius 3 is 2.75 bits per heavy atom. The molecule has 0 amide bonds. The number of thiazole rings is 1. The highest BCUT2D eigenvalue weighted by atomic mass is 32.1. The Bertz CT molecular complexity index is 492. The molecule has 2 aromatic rings. The number of aryl methyl sites for hydroxylation is 2. The van der Waals surface area contributed by atoms with E-state index in [4.69, 9.17) is 5.73 Å². The summed E-state index contributed by atoms with van der Waals surface area (Å²) >= 11 is 1.69. The van der Waals surface area contributed by atoms with Gasteiger partial charge in [0.15, 0.2) is 0 Å². The van der Waals surface area contributed by atoms with Crippen LogP contribution in [0.1, 0.15) is 15.4 Å². The molecule has 2 aromatic heterocycles. The summed E-state index contributed by atoms with van der Waals surface area (Å²) in [7, 11) is 0. The quantitative estimate of drug-likeness (QED) is 0.855. The first kappa shape index (κ1) is 10.9. The average molecular weight is 234 g/mol. The van der Waals surface area contributed by atoms with Crippen molar-refractivity contribution in [3.63, 3.8) is 0 Å². The molecule has 16 heavy (non-hydrogen) atoms. The third kappa shape index (κ3) is 2.49. The molecule has 0 aromatic carbocycles. The van der Waals surface area contributed by atoms with Crippen molar-refractivity contribution in [2.24, 2.45) is 0 Å². The number of nitrogens with two attached hydrogens (primary N) is 1. The van der Waals surface area contributed by atoms with Crippen LogP contribution in [-0.2, 0) is 6.54 Å². The Labute approximate surface area is 98.6 Å². The first-order valence-corrected chi connectivity index (χ1v) is 5.84. The summed E-state index contributed by atoms with van der Waals surface area (Å²) in [5, 5.41) is 4.36. The number of hydrogen-bond acceptors (Lipinski definition) is 5. The van der Waals surface area contributed by atoms with Gasteiger partial charge in [0.05, 0.1) is 23.4 Å². The largest absolute Gasteiger partial charge is 0.397 e. The van der Waals surface area contributed by atoms with Gasteiger partial charge in [0.1, 0.15) is 5.82 Å². The SMILES string of the molecule is Cc1ncc(CNc2ncc(N)cc2C)s1. The first-order valence-electron chi connectivity index (χ1n) is 5.02. The van der Waals surface area contributed by atoms with E-state index < -0.39 is 0 Å². The van der Waals surface area contributed by atoms with Gasteiger partial charge in [0, 0.05) is 11.1 Å². The zero-order valence-electron chi connectivity index (χ0n) is 9.32. The minimum Gasteiger partial charge on any atom is -0.397 e. The minimum atomic E-state index is 0.691. The number of nitrogens with one attached hydrogen (secondary N) is 1. The predicted molar refractivity (Wildman–Crippen MR) is 67.6 cm³/mol. The summed E-state index contributed by atoms with van der Waals surface area (Å²) in [6, 6.07) is 1.91. The Balaban J connectivity index is 2.04. The summed E-state index contributed by atoms with van der Waals surface area (Å²) in [4.78, 5) is 9.66. The first-order chi connectivity index (χ1) is 7.65. The van der Waals surface area contributed by atoms with Crippen molar-refractivity contribution in [2.75, 3.05) is 11.1 Å². The monoisotopic (exact) mass is 234 g/mol. The number of aromatic nitrogens is 2. The number of nitrogens with zero attached hydrogens (tertiary/aromatic N) is 2. The normalized spacial score (nSPS) is 10.4. The lowest BCUT2D eigenvalue weighted by atomic mass is 10.2. The number of rotatable bonds is 3. The van der Waals surface area contributed by atoms with Crippen molar-refractivity contribution < 1.29 is 0 Å². The van der Waals surface area contributed by atoms with E-state index in [1.165, 1.54) is 4.88 Å². The minimum absolute atomic E-state index is 0.691. The van der Waals surface area contributed by atoms with Crippen LogP contribution >= 0.6 is 11.3 Å². The molecule has 0 spiro atoms. The lowest BCUT2D eigenvalue weighted by Crippen LogP contribution is -2.02. The van der Waals surface area contributed by atoms with E-state index in [0.29, 0.717) is 5.69 Å². The second-order valence-corrected chi connectivity index (χ2v) is 4.95. The van der Waals surface area contributed by atoms with Crippen LogP contribution in [-0.4, -0.2) is 9.97 Å². The second-order valence-electron chi connectivity index (χ2n) is 3.63. The van der Waals surface area contributed by atoms with Gasteiger partial charge in [-0.1, -0.05) is 0 Å². The number of anilines is 2. The topological polar surface area (TPSA) is 63.8 Å². The molecule has 0 aliphatic heterocycles. The van der Waals surface area contributed by atoms with Gasteiger partial charge < -0.3 is 11.1 Å². The van der Waals surface area contributed by atoms with Crippen LogP contribution in [0.25, 0.3) is 0 Å². The van der Waals surface area contributed by atoms with Crippen LogP contribution in [0.2, 0.25) is 0 Å². The standard InChI is InChI=1S/C11H14N4S/c1-7-3-9(12)4-14-11(7)15-6-10-5-13-8(2)16-10/h3-5H,6,12H2,1-2H3,(H,14,15). The Hall–Kier alpha value is -1.62. The summed E-state index contributed by atoms with van der Waals surface area (Å²) < 4.78 is 0. The Morgan fingerprint density at radius 2 is 2.12 bits per heavy atom. The maximum Gasteiger partial charge on any atom is 0.129 e. The molecule has 2 heterocycles. The van der Waals surface area contributed by atoms with Crippen LogP contribution in [0.4, 0.5) is 11.5 Å². The van der Waals surface area contributed by atoms with E-state index >= 15 is 0 Å². The number of hydrogen-bond donors (Lipinski definition) is 2. The van der Waals surface area contributed by atoms with E-state index in [9.17, 15) is 0 Å². The maximum absolute atomic E-state index is 5.64. The lowest BCUT2D eigenvalue weighted by Gasteiger charge is -2.07. The van der Waals surface area contributed by atoms with Gasteiger partial charge in [-0.2, -0.15) is 0 Å². The molecule has 0 bridgehead atoms. The molecular weight excluding hydrogens is 220 g/mol. The molecule has 0 unspecified atom stereocenters. The second kappa shape index (κ2) is 4.49. The van der Waals surface area contributed by atoms with E-state index in [0.717, 1.165) is 22.9 Å². The third-order valence-electron chi connectivity index (χ3n) is 2.20. The molecule has 0 radical (unpaired) electrons. The molecule has 2 rings (SSSR count). The van der Waals surface area contributed by atoms with Gasteiger partial charge in [0.2, 0.25) is 0 Å². The molecule has 0 saturated carbocycles. The van der Waals surface area contributed by atoms with E-state index in [-0.39, 0.29) is 0 Å². The van der Waals surface area contributed by atoms with Crippen molar-refractivity contribution in [3.8, 4) is 0 Å². The van der Waals surface area contributed by atoms with Crippen LogP contribution in [0.3, 0.4) is 0 Å². The van der Waals surface area contributed by atoms with Gasteiger partial charge in [-0.15, -0.1) is 11.3 Å². The van der Waals surface area contributed by atoms with E-state index in [1.807, 2.05) is 26.1 Å². The van der Waals surface area contributed by atoms with Gasteiger partial charge in [-0.3, -0.25) is 0 Å². The highest BCUT2D eigenvalue weighted by Gasteiger charge is 2.02. The van der Waals surface area contributed by atoms with Gasteiger partial charge in [-0.25, -0.2) is 9.97 Å². The van der Waals surface area contributed by atoms with Crippen LogP contribution in [0.15, 0.2) is 18.5 Å². The van der Waals surface area contributed by atoms with Gasteiger partial charge in [0.25, 0.3) is 0 Å². The zero-order chi connectivity index (χ0) is 11.5. The van der Waals surface area contributed by atoms with Crippen LogP contribution in [0, 0.1) is 13.8 Å². The molecule has 84 valence electrons. The predicted octanol–water partition coefficient (Wildman–Crippen LogP) is 2.35. The fraction of sp³-hybridized carbons (Fsp3) is 0.273. The molecule has 4 nitrogen and oxygen atoms in total. The van der Waals surface area contributed by atoms with Gasteiger partial charge >= 0.3 is 0 Å². The number of pyridine rings is 1. The summed E-state index contributed by atoms with van der Waals surface area (Å²) in [5.41, 5.74) is 7.39. The Morgan fingerprint density at radius 1 is 1.31 bits per heavy atom. The highest BCUT2D eigenvalue weighted by molar-refractivity contribution is 7.11. The molecule has 0 aliphatic carbocycles. The van der Waals surface area contributed by atoms with E-state index in [1.54, 1.807) is 17.5 Å². The van der Waals surface area contributed by atoms with Crippen molar-refractivity contribution in [1.82, 2.24) is 9.97 Å². The van der Waals surface area contributed by atoms with E-state index in [2.05, 4.69) is 15.3 Å².